The van der Waals surface area contributed by atoms with Crippen LogP contribution in [-0.4, -0.2) is 16.5 Å². The Morgan fingerprint density at radius 2 is 2.05 bits per heavy atom. The summed E-state index contributed by atoms with van der Waals surface area (Å²) in [5.41, 5.74) is 9.65. The molecule has 0 aliphatic carbocycles. The highest BCUT2D eigenvalue weighted by molar-refractivity contribution is 5.30. The van der Waals surface area contributed by atoms with Gasteiger partial charge in [0, 0.05) is 6.20 Å². The summed E-state index contributed by atoms with van der Waals surface area (Å²) < 4.78 is 0. The van der Waals surface area contributed by atoms with Crippen molar-refractivity contribution in [1.29, 1.82) is 0 Å². The lowest BCUT2D eigenvalue weighted by atomic mass is 10.0. The van der Waals surface area contributed by atoms with Crippen molar-refractivity contribution in [2.75, 3.05) is 12.3 Å². The van der Waals surface area contributed by atoms with Gasteiger partial charge in [0.2, 0.25) is 0 Å². The molecule has 0 saturated heterocycles. The molecule has 0 bridgehead atoms. The van der Waals surface area contributed by atoms with Gasteiger partial charge < -0.3 is 11.1 Å². The van der Waals surface area contributed by atoms with Crippen molar-refractivity contribution in [3.8, 4) is 0 Å². The first-order valence-electron chi connectivity index (χ1n) is 6.49. The second-order valence-electron chi connectivity index (χ2n) is 4.75. The van der Waals surface area contributed by atoms with Crippen LogP contribution in [0.15, 0.2) is 30.5 Å². The maximum Gasteiger partial charge on any atom is 0.144 e. The Morgan fingerprint density at radius 1 is 1.21 bits per heavy atom. The minimum Gasteiger partial charge on any atom is -0.384 e. The van der Waals surface area contributed by atoms with E-state index in [-0.39, 0.29) is 0 Å². The molecule has 19 heavy (non-hydrogen) atoms. The number of hydrogen-bond acceptors (Lipinski definition) is 4. The van der Waals surface area contributed by atoms with E-state index < -0.39 is 0 Å². The molecular formula is C15H20N4. The van der Waals surface area contributed by atoms with E-state index in [9.17, 15) is 0 Å². The van der Waals surface area contributed by atoms with Crippen LogP contribution in [0, 0.1) is 13.8 Å². The van der Waals surface area contributed by atoms with E-state index in [1.54, 1.807) is 12.3 Å². The van der Waals surface area contributed by atoms with Crippen molar-refractivity contribution >= 4 is 5.82 Å². The molecular weight excluding hydrogens is 236 g/mol. The fourth-order valence-corrected chi connectivity index (χ4v) is 2.05. The second kappa shape index (κ2) is 6.29. The van der Waals surface area contributed by atoms with Gasteiger partial charge in [-0.25, -0.2) is 9.97 Å². The zero-order chi connectivity index (χ0) is 13.7. The lowest BCUT2D eigenvalue weighted by molar-refractivity contribution is 0.659. The molecule has 0 aliphatic rings. The molecule has 2 aromatic rings. The van der Waals surface area contributed by atoms with E-state index in [1.807, 2.05) is 0 Å². The second-order valence-corrected chi connectivity index (χ2v) is 4.75. The van der Waals surface area contributed by atoms with E-state index in [1.165, 1.54) is 16.7 Å². The van der Waals surface area contributed by atoms with Crippen LogP contribution in [-0.2, 0) is 13.0 Å². The number of aromatic nitrogens is 2. The molecule has 1 aromatic heterocycles. The van der Waals surface area contributed by atoms with E-state index in [4.69, 9.17) is 5.73 Å². The highest BCUT2D eigenvalue weighted by Crippen LogP contribution is 2.10. The van der Waals surface area contributed by atoms with Gasteiger partial charge in [-0.3, -0.25) is 0 Å². The summed E-state index contributed by atoms with van der Waals surface area (Å²) in [7, 11) is 0. The molecule has 2 rings (SSSR count). The Kier molecular flexibility index (Phi) is 4.47. The lowest BCUT2D eigenvalue weighted by Gasteiger charge is -2.08. The molecule has 1 heterocycles. The number of anilines is 1. The van der Waals surface area contributed by atoms with Crippen LogP contribution in [0.4, 0.5) is 5.82 Å². The molecule has 0 radical (unpaired) electrons. The zero-order valence-electron chi connectivity index (χ0n) is 11.5. The first-order chi connectivity index (χ1) is 9.15. The van der Waals surface area contributed by atoms with Gasteiger partial charge in [-0.15, -0.1) is 0 Å². The third kappa shape index (κ3) is 4.03. The molecule has 1 aromatic carbocycles. The summed E-state index contributed by atoms with van der Waals surface area (Å²) in [4.78, 5) is 8.31. The SMILES string of the molecule is Cc1ccc(CCNCc2nccc(N)n2)c(C)c1. The van der Waals surface area contributed by atoms with Gasteiger partial charge in [-0.2, -0.15) is 0 Å². The number of hydrogen-bond donors (Lipinski definition) is 2. The summed E-state index contributed by atoms with van der Waals surface area (Å²) in [5.74, 6) is 1.25. The normalized spacial score (nSPS) is 10.6. The van der Waals surface area contributed by atoms with Crippen LogP contribution in [0.25, 0.3) is 0 Å². The van der Waals surface area contributed by atoms with Gasteiger partial charge in [0.05, 0.1) is 6.54 Å². The van der Waals surface area contributed by atoms with Crippen LogP contribution >= 0.6 is 0 Å². The van der Waals surface area contributed by atoms with Crippen molar-refractivity contribution in [3.05, 3.63) is 53.0 Å². The maximum absolute atomic E-state index is 5.61. The van der Waals surface area contributed by atoms with E-state index in [0.29, 0.717) is 12.4 Å². The van der Waals surface area contributed by atoms with Crippen molar-refractivity contribution in [2.45, 2.75) is 26.8 Å². The summed E-state index contributed by atoms with van der Waals surface area (Å²) in [5, 5.41) is 3.34. The van der Waals surface area contributed by atoms with Crippen molar-refractivity contribution in [2.24, 2.45) is 0 Å². The lowest BCUT2D eigenvalue weighted by Crippen LogP contribution is -2.19. The number of nitrogen functional groups attached to an aromatic ring is 1. The van der Waals surface area contributed by atoms with Crippen molar-refractivity contribution in [3.63, 3.8) is 0 Å². The predicted octanol–water partition coefficient (Wildman–Crippen LogP) is 2.01. The maximum atomic E-state index is 5.61. The summed E-state index contributed by atoms with van der Waals surface area (Å²) >= 11 is 0. The Morgan fingerprint density at radius 3 is 2.79 bits per heavy atom. The Balaban J connectivity index is 1.81. The molecule has 100 valence electrons. The molecule has 3 N–H and O–H groups in total. The number of nitrogens with two attached hydrogens (primary N) is 1. The molecule has 0 amide bonds. The fourth-order valence-electron chi connectivity index (χ4n) is 2.05. The third-order valence-electron chi connectivity index (χ3n) is 3.08. The van der Waals surface area contributed by atoms with Crippen LogP contribution in [0.5, 0.6) is 0 Å². The Bertz CT molecular complexity index is 552. The van der Waals surface area contributed by atoms with Crippen LogP contribution in [0.2, 0.25) is 0 Å². The third-order valence-corrected chi connectivity index (χ3v) is 3.08. The highest BCUT2D eigenvalue weighted by atomic mass is 15.0. The number of rotatable bonds is 5. The zero-order valence-corrected chi connectivity index (χ0v) is 11.5. The smallest absolute Gasteiger partial charge is 0.144 e. The summed E-state index contributed by atoms with van der Waals surface area (Å²) in [6, 6.07) is 8.27. The average Bonchev–Trinajstić information content (AvgIpc) is 2.37. The number of benzene rings is 1. The monoisotopic (exact) mass is 256 g/mol. The highest BCUT2D eigenvalue weighted by Gasteiger charge is 2.00. The summed E-state index contributed by atoms with van der Waals surface area (Å²) in [6.45, 7) is 5.83. The molecule has 4 nitrogen and oxygen atoms in total. The van der Waals surface area contributed by atoms with Crippen molar-refractivity contribution < 1.29 is 0 Å². The largest absolute Gasteiger partial charge is 0.384 e. The van der Waals surface area contributed by atoms with E-state index >= 15 is 0 Å². The topological polar surface area (TPSA) is 63.8 Å². The molecule has 4 heteroatoms. The Hall–Kier alpha value is -1.94. The van der Waals surface area contributed by atoms with Gasteiger partial charge in [0.25, 0.3) is 0 Å². The molecule has 0 fully saturated rings. The molecule has 0 saturated carbocycles. The minimum absolute atomic E-state index is 0.515. The number of nitrogens with one attached hydrogen (secondary N) is 1. The van der Waals surface area contributed by atoms with Crippen LogP contribution < -0.4 is 11.1 Å². The first-order valence-corrected chi connectivity index (χ1v) is 6.49. The van der Waals surface area contributed by atoms with Gasteiger partial charge in [-0.1, -0.05) is 23.8 Å². The molecule has 0 spiro atoms. The Labute approximate surface area is 114 Å². The molecule has 0 atom stereocenters. The van der Waals surface area contributed by atoms with Crippen LogP contribution in [0.3, 0.4) is 0 Å². The number of aryl methyl sites for hydroxylation is 2. The van der Waals surface area contributed by atoms with Gasteiger partial charge in [0.1, 0.15) is 11.6 Å². The summed E-state index contributed by atoms with van der Waals surface area (Å²) in [6.07, 6.45) is 2.69. The quantitative estimate of drug-likeness (QED) is 0.803. The standard InChI is InChI=1S/C15H20N4/c1-11-3-4-13(12(2)9-11)5-7-17-10-15-18-8-6-14(16)19-15/h3-4,6,8-9,17H,5,7,10H2,1-2H3,(H2,16,18,19). The van der Waals surface area contributed by atoms with Crippen molar-refractivity contribution in [1.82, 2.24) is 15.3 Å². The average molecular weight is 256 g/mol. The fraction of sp³-hybridized carbons (Fsp3) is 0.333. The van der Waals surface area contributed by atoms with Gasteiger partial charge in [0.15, 0.2) is 0 Å². The molecule has 0 aliphatic heterocycles. The predicted molar refractivity (Wildman–Crippen MR) is 77.8 cm³/mol. The molecule has 0 unspecified atom stereocenters. The van der Waals surface area contributed by atoms with Gasteiger partial charge in [-0.05, 0) is 44.0 Å². The number of nitrogens with zero attached hydrogens (tertiary/aromatic N) is 2. The van der Waals surface area contributed by atoms with E-state index in [2.05, 4.69) is 47.3 Å². The minimum atomic E-state index is 0.515. The van der Waals surface area contributed by atoms with E-state index in [0.717, 1.165) is 18.8 Å². The van der Waals surface area contributed by atoms with Crippen LogP contribution in [0.1, 0.15) is 22.5 Å². The van der Waals surface area contributed by atoms with Gasteiger partial charge >= 0.3 is 0 Å². The first kappa shape index (κ1) is 13.5.